The van der Waals surface area contributed by atoms with E-state index in [9.17, 15) is 20.0 Å². The van der Waals surface area contributed by atoms with Crippen LogP contribution in [0.25, 0.3) is 0 Å². The fourth-order valence-corrected chi connectivity index (χ4v) is 8.44. The van der Waals surface area contributed by atoms with Crippen molar-refractivity contribution in [1.82, 2.24) is 0 Å². The minimum Gasteiger partial charge on any atom is -0.632 e. The molecule has 2 aromatic carbocycles. The lowest BCUT2D eigenvalue weighted by Gasteiger charge is -2.51. The summed E-state index contributed by atoms with van der Waals surface area (Å²) in [4.78, 5) is 26.7. The van der Waals surface area contributed by atoms with Gasteiger partial charge in [-0.15, -0.1) is 0 Å². The first-order valence-electron chi connectivity index (χ1n) is 14.8. The van der Waals surface area contributed by atoms with Gasteiger partial charge >= 0.3 is 0 Å². The molecule has 4 aliphatic rings. The molecule has 2 aliphatic heterocycles. The fraction of sp³-hybridized carbons (Fsp3) is 0.548. The van der Waals surface area contributed by atoms with Crippen LogP contribution in [0.1, 0.15) is 57.8 Å². The molecule has 2 saturated heterocycles. The zero-order valence-electron chi connectivity index (χ0n) is 22.5. The molecule has 208 valence electrons. The van der Waals surface area contributed by atoms with E-state index < -0.39 is 21.4 Å². The topological polar surface area (TPSA) is 104 Å². The van der Waals surface area contributed by atoms with Gasteiger partial charge in [0.25, 0.3) is 11.8 Å². The minimum absolute atomic E-state index is 0.0772. The van der Waals surface area contributed by atoms with Crippen LogP contribution in [-0.2, 0) is 9.59 Å². The molecule has 0 bridgehead atoms. The maximum absolute atomic E-state index is 14.5. The average Bonchev–Trinajstić information content (AvgIpc) is 3.70. The van der Waals surface area contributed by atoms with Crippen LogP contribution in [0.3, 0.4) is 0 Å². The Morgan fingerprint density at radius 1 is 0.667 bits per heavy atom. The van der Waals surface area contributed by atoms with Gasteiger partial charge in [0.1, 0.15) is 0 Å². The summed E-state index contributed by atoms with van der Waals surface area (Å²) in [6.45, 7) is 0.501. The minimum atomic E-state index is -0.657. The van der Waals surface area contributed by atoms with Crippen molar-refractivity contribution >= 4 is 23.2 Å². The zero-order valence-corrected chi connectivity index (χ0v) is 22.5. The van der Waals surface area contributed by atoms with E-state index in [0.29, 0.717) is 30.6 Å². The molecule has 8 atom stereocenters. The van der Waals surface area contributed by atoms with E-state index >= 15 is 0 Å². The number of hydroxylamine groups is 6. The van der Waals surface area contributed by atoms with E-state index in [4.69, 9.17) is 0 Å². The Bertz CT molecular complexity index is 1090. The van der Waals surface area contributed by atoms with Crippen LogP contribution in [-0.4, -0.2) is 58.4 Å². The molecular weight excluding hydrogens is 492 g/mol. The summed E-state index contributed by atoms with van der Waals surface area (Å²) in [5, 5.41) is 35.0. The highest BCUT2D eigenvalue weighted by Crippen LogP contribution is 2.48. The van der Waals surface area contributed by atoms with Crippen molar-refractivity contribution in [3.63, 3.8) is 0 Å². The molecule has 2 aliphatic carbocycles. The Balaban J connectivity index is 1.17. The summed E-state index contributed by atoms with van der Waals surface area (Å²) in [5.41, 5.74) is 1.40. The number of amides is 2. The monoisotopic (exact) mass is 532 g/mol. The van der Waals surface area contributed by atoms with Gasteiger partial charge in [0.05, 0.1) is 25.2 Å². The Kier molecular flexibility index (Phi) is 7.22. The number of carbonyl (C=O) groups excluding carboxylic acids is 2. The molecule has 4 fully saturated rings. The standard InChI is InChI=1S/C31H40N4O4/c36-30(32-24-12-3-1-4-13-24)28-20-22-10-7-16-26(22)34(28,38)18-9-19-35(39)27-17-8-11-23(27)21-29(35)31(37)33-25-14-5-2-6-15-25/h1-6,12-15,22-23,26-29H,7-11,16-21H2,(H,32,36)(H,33,37)/t22-,23-,26-,27-,28-,29-,34?,35?/m0/s1. The number of carbonyl (C=O) groups is 2. The second-order valence-corrected chi connectivity index (χ2v) is 12.2. The van der Waals surface area contributed by atoms with Crippen LogP contribution in [0, 0.1) is 22.3 Å². The van der Waals surface area contributed by atoms with Crippen molar-refractivity contribution in [2.45, 2.75) is 82.0 Å². The first kappa shape index (κ1) is 26.4. The molecule has 2 heterocycles. The van der Waals surface area contributed by atoms with Gasteiger partial charge in [0.15, 0.2) is 12.1 Å². The Hall–Kier alpha value is -2.78. The molecule has 2 N–H and O–H groups in total. The third-order valence-corrected chi connectivity index (χ3v) is 10.2. The first-order valence-corrected chi connectivity index (χ1v) is 14.8. The van der Waals surface area contributed by atoms with Gasteiger partial charge in [0, 0.05) is 55.3 Å². The number of quaternary nitrogens is 2. The molecule has 6 rings (SSSR count). The molecule has 0 spiro atoms. The van der Waals surface area contributed by atoms with Crippen molar-refractivity contribution < 1.29 is 18.9 Å². The molecule has 2 amide bonds. The molecule has 0 aromatic heterocycles. The van der Waals surface area contributed by atoms with E-state index in [0.717, 1.165) is 38.5 Å². The maximum atomic E-state index is 14.5. The molecule has 8 heteroatoms. The van der Waals surface area contributed by atoms with Crippen molar-refractivity contribution in [1.29, 1.82) is 0 Å². The van der Waals surface area contributed by atoms with Crippen molar-refractivity contribution in [3.05, 3.63) is 71.1 Å². The van der Waals surface area contributed by atoms with E-state index in [2.05, 4.69) is 10.6 Å². The van der Waals surface area contributed by atoms with E-state index in [1.165, 1.54) is 0 Å². The number of hydrogen-bond donors (Lipinski definition) is 2. The van der Waals surface area contributed by atoms with Crippen molar-refractivity contribution in [3.8, 4) is 0 Å². The van der Waals surface area contributed by atoms with Gasteiger partial charge in [-0.25, -0.2) is 0 Å². The molecular formula is C31H40N4O4. The lowest BCUT2D eigenvalue weighted by atomic mass is 10.0. The number of fused-ring (bicyclic) bond motifs is 2. The van der Waals surface area contributed by atoms with Crippen molar-refractivity contribution in [2.75, 3.05) is 23.7 Å². The quantitative estimate of drug-likeness (QED) is 0.362. The summed E-state index contributed by atoms with van der Waals surface area (Å²) >= 11 is 0. The van der Waals surface area contributed by atoms with Crippen LogP contribution >= 0.6 is 0 Å². The smallest absolute Gasteiger partial charge is 0.283 e. The third-order valence-electron chi connectivity index (χ3n) is 10.2. The molecule has 2 saturated carbocycles. The summed E-state index contributed by atoms with van der Waals surface area (Å²) in [6, 6.07) is 17.1. The average molecular weight is 533 g/mol. The second-order valence-electron chi connectivity index (χ2n) is 12.2. The molecule has 39 heavy (non-hydrogen) atoms. The zero-order chi connectivity index (χ0) is 27.0. The Morgan fingerprint density at radius 3 is 1.49 bits per heavy atom. The van der Waals surface area contributed by atoms with Crippen molar-refractivity contribution in [2.24, 2.45) is 11.8 Å². The number of nitrogens with zero attached hydrogens (tertiary/aromatic N) is 2. The van der Waals surface area contributed by atoms with E-state index in [-0.39, 0.29) is 48.8 Å². The van der Waals surface area contributed by atoms with Gasteiger partial charge in [-0.05, 0) is 49.9 Å². The van der Waals surface area contributed by atoms with E-state index in [1.807, 2.05) is 60.7 Å². The van der Waals surface area contributed by atoms with Crippen LogP contribution in [0.15, 0.2) is 60.7 Å². The number of benzene rings is 2. The molecule has 2 unspecified atom stereocenters. The maximum Gasteiger partial charge on any atom is 0.283 e. The highest BCUT2D eigenvalue weighted by atomic mass is 16.6. The number of anilines is 2. The number of rotatable bonds is 8. The summed E-state index contributed by atoms with van der Waals surface area (Å²) in [7, 11) is 0. The number of likely N-dealkylation sites (tertiary alicyclic amines) is 2. The number of hydrogen-bond acceptors (Lipinski definition) is 4. The molecule has 2 aromatic rings. The van der Waals surface area contributed by atoms with E-state index in [1.54, 1.807) is 0 Å². The number of para-hydroxylation sites is 2. The van der Waals surface area contributed by atoms with Gasteiger partial charge in [-0.3, -0.25) is 9.59 Å². The summed E-state index contributed by atoms with van der Waals surface area (Å²) < 4.78 is -1.06. The highest BCUT2D eigenvalue weighted by Gasteiger charge is 2.56. The molecule has 8 nitrogen and oxygen atoms in total. The fourth-order valence-electron chi connectivity index (χ4n) is 8.44. The third kappa shape index (κ3) is 4.88. The predicted octanol–water partition coefficient (Wildman–Crippen LogP) is 5.17. The summed E-state index contributed by atoms with van der Waals surface area (Å²) in [6.07, 6.45) is 7.36. The normalized spacial score (nSPS) is 36.9. The van der Waals surface area contributed by atoms with Gasteiger partial charge < -0.3 is 30.3 Å². The predicted molar refractivity (Wildman–Crippen MR) is 151 cm³/mol. The lowest BCUT2D eigenvalue weighted by Crippen LogP contribution is -2.60. The largest absolute Gasteiger partial charge is 0.632 e. The Labute approximate surface area is 230 Å². The van der Waals surface area contributed by atoms with Crippen LogP contribution < -0.4 is 10.6 Å². The van der Waals surface area contributed by atoms with Crippen LogP contribution in [0.4, 0.5) is 11.4 Å². The van der Waals surface area contributed by atoms with Gasteiger partial charge in [-0.2, -0.15) is 0 Å². The van der Waals surface area contributed by atoms with Crippen LogP contribution in [0.5, 0.6) is 0 Å². The van der Waals surface area contributed by atoms with Crippen LogP contribution in [0.2, 0.25) is 0 Å². The first-order chi connectivity index (χ1) is 18.9. The lowest BCUT2D eigenvalue weighted by molar-refractivity contribution is -0.926. The van der Waals surface area contributed by atoms with Gasteiger partial charge in [-0.1, -0.05) is 36.4 Å². The SMILES string of the molecule is O=C(Nc1ccccc1)[C@@H]1C[C@@H]2CCC[C@@H]2[N+]1([O-])CCC[N+]1([O-])[C@H](C(=O)Nc2ccccc2)C[C@@H]2CCC[C@@H]21. The second kappa shape index (κ2) is 10.7. The summed E-state index contributed by atoms with van der Waals surface area (Å²) in [5.74, 6) is 0.0992. The Morgan fingerprint density at radius 2 is 1.08 bits per heavy atom. The highest BCUT2D eigenvalue weighted by molar-refractivity contribution is 5.95. The number of nitrogens with one attached hydrogen (secondary N) is 2. The molecule has 0 radical (unpaired) electrons. The van der Waals surface area contributed by atoms with Gasteiger partial charge in [0.2, 0.25) is 0 Å².